The molecule has 0 rings (SSSR count). The number of hydrogen-bond donors (Lipinski definition) is 0. The normalized spacial score (nSPS) is 13.7. The molecule has 0 fully saturated rings. The van der Waals surface area contributed by atoms with E-state index in [4.69, 9.17) is 13.9 Å². The van der Waals surface area contributed by atoms with Crippen LogP contribution in [0.2, 0.25) is 18.1 Å². The summed E-state index contributed by atoms with van der Waals surface area (Å²) in [6.45, 7) is 17.5. The number of carbonyl (C=O) groups excluding carboxylic acids is 1. The second-order valence-electron chi connectivity index (χ2n) is 6.33. The Morgan fingerprint density at radius 3 is 2.40 bits per heavy atom. The summed E-state index contributed by atoms with van der Waals surface area (Å²) in [4.78, 5) is 11.2. The van der Waals surface area contributed by atoms with Crippen LogP contribution in [0.25, 0.3) is 0 Å². The van der Waals surface area contributed by atoms with E-state index in [9.17, 15) is 4.79 Å². The molecule has 118 valence electrons. The first-order valence-corrected chi connectivity index (χ1v) is 10.1. The van der Waals surface area contributed by atoms with Gasteiger partial charge in [-0.2, -0.15) is 0 Å². The van der Waals surface area contributed by atoms with Crippen LogP contribution in [-0.2, 0) is 13.9 Å². The molecule has 0 radical (unpaired) electrons. The van der Waals surface area contributed by atoms with Gasteiger partial charge in [0.05, 0.1) is 6.61 Å². The van der Waals surface area contributed by atoms with Crippen molar-refractivity contribution in [3.8, 4) is 0 Å². The predicted octanol–water partition coefficient (Wildman–Crippen LogP) is 4.52. The molecular weight excluding hydrogens is 272 g/mol. The van der Waals surface area contributed by atoms with Crippen LogP contribution in [0.1, 0.15) is 40.5 Å². The molecule has 0 aromatic rings. The van der Waals surface area contributed by atoms with Crippen LogP contribution < -0.4 is 0 Å². The van der Waals surface area contributed by atoms with E-state index in [1.807, 2.05) is 0 Å². The summed E-state index contributed by atoms with van der Waals surface area (Å²) in [6.07, 6.45) is 2.22. The number of rotatable bonds is 8. The van der Waals surface area contributed by atoms with Crippen molar-refractivity contribution in [3.05, 3.63) is 12.7 Å². The fourth-order valence-electron chi connectivity index (χ4n) is 1.33. The molecule has 0 aliphatic rings. The average molecular weight is 302 g/mol. The van der Waals surface area contributed by atoms with Crippen LogP contribution >= 0.6 is 0 Å². The van der Waals surface area contributed by atoms with Gasteiger partial charge in [-0.3, -0.25) is 0 Å². The van der Waals surface area contributed by atoms with Crippen LogP contribution in [-0.4, -0.2) is 33.8 Å². The first-order chi connectivity index (χ1) is 9.14. The molecular formula is C15H30O4Si. The van der Waals surface area contributed by atoms with Crippen molar-refractivity contribution in [2.75, 3.05) is 13.2 Å². The van der Waals surface area contributed by atoms with E-state index in [2.05, 4.69) is 40.4 Å². The summed E-state index contributed by atoms with van der Waals surface area (Å²) in [5.74, 6) is 0. The fraction of sp³-hybridized carbons (Fsp3) is 0.800. The molecule has 0 saturated heterocycles. The van der Waals surface area contributed by atoms with E-state index in [1.165, 1.54) is 0 Å². The van der Waals surface area contributed by atoms with Crippen LogP contribution in [0.3, 0.4) is 0 Å². The second-order valence-corrected chi connectivity index (χ2v) is 11.1. The van der Waals surface area contributed by atoms with Crippen molar-refractivity contribution in [3.63, 3.8) is 0 Å². The molecule has 0 aromatic carbocycles. The van der Waals surface area contributed by atoms with E-state index < -0.39 is 14.5 Å². The molecule has 0 aliphatic heterocycles. The Balaban J connectivity index is 4.04. The zero-order valence-corrected chi connectivity index (χ0v) is 14.8. The van der Waals surface area contributed by atoms with E-state index >= 15 is 0 Å². The molecule has 1 unspecified atom stereocenters. The minimum Gasteiger partial charge on any atom is -0.435 e. The van der Waals surface area contributed by atoms with Gasteiger partial charge in [0.25, 0.3) is 0 Å². The maximum absolute atomic E-state index is 11.2. The Hall–Kier alpha value is -0.813. The summed E-state index contributed by atoms with van der Waals surface area (Å²) >= 11 is 0. The van der Waals surface area contributed by atoms with Gasteiger partial charge in [-0.1, -0.05) is 33.4 Å². The fourth-order valence-corrected chi connectivity index (χ4v) is 2.42. The van der Waals surface area contributed by atoms with Crippen molar-refractivity contribution in [2.24, 2.45) is 0 Å². The summed E-state index contributed by atoms with van der Waals surface area (Å²) in [6, 6.07) is 0. The van der Waals surface area contributed by atoms with E-state index in [0.717, 1.165) is 6.42 Å². The average Bonchev–Trinajstić information content (AvgIpc) is 2.31. The van der Waals surface area contributed by atoms with Gasteiger partial charge in [0, 0.05) is 6.61 Å². The van der Waals surface area contributed by atoms with Gasteiger partial charge >= 0.3 is 6.16 Å². The SMILES string of the molecule is C=CC(CCCO[Si](C)(C)C(C)(C)C)OC(=O)OCC. The minimum absolute atomic E-state index is 0.215. The van der Waals surface area contributed by atoms with Gasteiger partial charge < -0.3 is 13.9 Å². The maximum atomic E-state index is 11.2. The van der Waals surface area contributed by atoms with Gasteiger partial charge in [0.15, 0.2) is 8.32 Å². The lowest BCUT2D eigenvalue weighted by Crippen LogP contribution is -2.41. The third kappa shape index (κ3) is 7.10. The topological polar surface area (TPSA) is 44.8 Å². The smallest absolute Gasteiger partial charge is 0.435 e. The second kappa shape index (κ2) is 8.47. The Morgan fingerprint density at radius 1 is 1.35 bits per heavy atom. The number of ether oxygens (including phenoxy) is 2. The molecule has 5 heteroatoms. The van der Waals surface area contributed by atoms with Crippen molar-refractivity contribution >= 4 is 14.5 Å². The van der Waals surface area contributed by atoms with Crippen LogP contribution in [0.4, 0.5) is 4.79 Å². The van der Waals surface area contributed by atoms with Crippen LogP contribution in [0.5, 0.6) is 0 Å². The molecule has 0 amide bonds. The van der Waals surface area contributed by atoms with Gasteiger partial charge in [-0.15, -0.1) is 0 Å². The van der Waals surface area contributed by atoms with Gasteiger partial charge in [-0.05, 0) is 37.9 Å². The monoisotopic (exact) mass is 302 g/mol. The molecule has 0 heterocycles. The van der Waals surface area contributed by atoms with E-state index in [0.29, 0.717) is 19.6 Å². The highest BCUT2D eigenvalue weighted by molar-refractivity contribution is 6.74. The van der Waals surface area contributed by atoms with Crippen molar-refractivity contribution in [2.45, 2.75) is 64.8 Å². The van der Waals surface area contributed by atoms with Crippen molar-refractivity contribution in [1.82, 2.24) is 0 Å². The summed E-state index contributed by atoms with van der Waals surface area (Å²) in [5, 5.41) is 0.215. The first-order valence-electron chi connectivity index (χ1n) is 7.24. The molecule has 0 bridgehead atoms. The molecule has 0 N–H and O–H groups in total. The highest BCUT2D eigenvalue weighted by Crippen LogP contribution is 2.36. The summed E-state index contributed by atoms with van der Waals surface area (Å²) in [5.41, 5.74) is 0. The zero-order valence-electron chi connectivity index (χ0n) is 13.8. The Labute approximate surface area is 124 Å². The standard InChI is InChI=1S/C15H30O4Si/c1-8-13(19-14(16)17-9-2)11-10-12-18-20(6,7)15(3,4)5/h8,13H,1,9-12H2,2-7H3. The van der Waals surface area contributed by atoms with Gasteiger partial charge in [0.1, 0.15) is 6.10 Å². The zero-order chi connectivity index (χ0) is 15.8. The Bertz CT molecular complexity index is 307. The molecule has 20 heavy (non-hydrogen) atoms. The van der Waals surface area contributed by atoms with Crippen LogP contribution in [0.15, 0.2) is 12.7 Å². The lowest BCUT2D eigenvalue weighted by molar-refractivity contribution is 0.0366. The quantitative estimate of drug-likeness (QED) is 0.286. The van der Waals surface area contributed by atoms with Crippen molar-refractivity contribution < 1.29 is 18.7 Å². The van der Waals surface area contributed by atoms with E-state index in [-0.39, 0.29) is 11.1 Å². The molecule has 0 saturated carbocycles. The Morgan fingerprint density at radius 2 is 1.95 bits per heavy atom. The van der Waals surface area contributed by atoms with Gasteiger partial charge in [-0.25, -0.2) is 4.79 Å². The highest BCUT2D eigenvalue weighted by atomic mass is 28.4. The highest BCUT2D eigenvalue weighted by Gasteiger charge is 2.36. The summed E-state index contributed by atoms with van der Waals surface area (Å²) in [7, 11) is -1.69. The third-order valence-corrected chi connectivity index (χ3v) is 8.21. The van der Waals surface area contributed by atoms with Gasteiger partial charge in [0.2, 0.25) is 0 Å². The maximum Gasteiger partial charge on any atom is 0.508 e. The molecule has 1 atom stereocenters. The summed E-state index contributed by atoms with van der Waals surface area (Å²) < 4.78 is 15.9. The largest absolute Gasteiger partial charge is 0.508 e. The molecule has 0 aliphatic carbocycles. The third-order valence-electron chi connectivity index (χ3n) is 3.67. The minimum atomic E-state index is -1.69. The molecule has 0 spiro atoms. The number of carbonyl (C=O) groups is 1. The van der Waals surface area contributed by atoms with Crippen molar-refractivity contribution in [1.29, 1.82) is 0 Å². The van der Waals surface area contributed by atoms with Crippen LogP contribution in [0, 0.1) is 0 Å². The predicted molar refractivity (Wildman–Crippen MR) is 84.5 cm³/mol. The Kier molecular flexibility index (Phi) is 8.12. The van der Waals surface area contributed by atoms with E-state index in [1.54, 1.807) is 13.0 Å². The first kappa shape index (κ1) is 19.2. The lowest BCUT2D eigenvalue weighted by atomic mass is 10.2. The number of hydrogen-bond acceptors (Lipinski definition) is 4. The molecule has 0 aromatic heterocycles. The lowest BCUT2D eigenvalue weighted by Gasteiger charge is -2.36. The molecule has 4 nitrogen and oxygen atoms in total.